The number of hydrogen-bond donors (Lipinski definition) is 4. The fourth-order valence-corrected chi connectivity index (χ4v) is 5.77. The molecule has 4 aromatic rings. The van der Waals surface area contributed by atoms with Gasteiger partial charge in [0.2, 0.25) is 11.8 Å². The van der Waals surface area contributed by atoms with Gasteiger partial charge < -0.3 is 35.3 Å². The quantitative estimate of drug-likeness (QED) is 0.107. The molecule has 0 saturated carbocycles. The molecule has 1 aliphatic rings. The van der Waals surface area contributed by atoms with E-state index in [1.165, 1.54) is 0 Å². The molecule has 11 heteroatoms. The molecule has 0 radical (unpaired) electrons. The first kappa shape index (κ1) is 38.3. The van der Waals surface area contributed by atoms with Crippen molar-refractivity contribution >= 4 is 23.9 Å². The molecular formula is C42H45N3O8. The zero-order valence-corrected chi connectivity index (χ0v) is 29.4. The van der Waals surface area contributed by atoms with Crippen molar-refractivity contribution in [3.63, 3.8) is 0 Å². The highest BCUT2D eigenvalue weighted by atomic mass is 16.6. The highest BCUT2D eigenvalue weighted by Gasteiger charge is 2.29. The molecule has 0 unspecified atom stereocenters. The number of ether oxygens (including phenoxy) is 3. The third-order valence-electron chi connectivity index (χ3n) is 8.68. The second kappa shape index (κ2) is 20.2. The van der Waals surface area contributed by atoms with E-state index in [2.05, 4.69) is 16.0 Å². The second-order valence-electron chi connectivity index (χ2n) is 12.8. The summed E-state index contributed by atoms with van der Waals surface area (Å²) >= 11 is 0. The van der Waals surface area contributed by atoms with Crippen LogP contribution in [0.1, 0.15) is 47.6 Å². The Morgan fingerprint density at radius 2 is 1.42 bits per heavy atom. The first-order valence-electron chi connectivity index (χ1n) is 17.7. The number of alkyl carbamates (subject to hydrolysis) is 1. The Labute approximate surface area is 309 Å². The van der Waals surface area contributed by atoms with Gasteiger partial charge in [0, 0.05) is 6.42 Å². The van der Waals surface area contributed by atoms with Crippen LogP contribution in [0.4, 0.5) is 4.79 Å². The standard InChI is InChI=1S/C42H45N3O8/c46-27-35(24-30-20-22-36(23-21-30)51-28-31-12-4-1-5-13-31)44-39(47)25-34-18-10-11-19-37(45-42(50)52-29-32-14-6-2-7-15-32)41(49)53-38(26-43-40(34)48)33-16-8-3-9-17-33/h1-17,20-23,34-35,37-38,46H,18-19,24-29H2,(H,43,48)(H,44,47)(H,45,50)/t34-,35+,37-,38+/m1/s1. The summed E-state index contributed by atoms with van der Waals surface area (Å²) in [5, 5.41) is 18.4. The average Bonchev–Trinajstić information content (AvgIpc) is 3.19. The van der Waals surface area contributed by atoms with Gasteiger partial charge in [-0.2, -0.15) is 0 Å². The normalized spacial score (nSPS) is 18.2. The zero-order valence-electron chi connectivity index (χ0n) is 29.4. The number of aliphatic hydroxyl groups excluding tert-OH is 1. The van der Waals surface area contributed by atoms with Gasteiger partial charge in [0.05, 0.1) is 25.1 Å². The van der Waals surface area contributed by atoms with Crippen molar-refractivity contribution in [2.24, 2.45) is 5.92 Å². The summed E-state index contributed by atoms with van der Waals surface area (Å²) in [6, 6.07) is 33.8. The van der Waals surface area contributed by atoms with E-state index >= 15 is 0 Å². The van der Waals surface area contributed by atoms with Crippen molar-refractivity contribution in [1.29, 1.82) is 0 Å². The summed E-state index contributed by atoms with van der Waals surface area (Å²) in [6.45, 7) is 0.131. The smallest absolute Gasteiger partial charge is 0.408 e. The monoisotopic (exact) mass is 719 g/mol. The lowest BCUT2D eigenvalue weighted by Crippen LogP contribution is -2.44. The first-order chi connectivity index (χ1) is 25.9. The second-order valence-corrected chi connectivity index (χ2v) is 12.8. The lowest BCUT2D eigenvalue weighted by atomic mass is 9.97. The number of carbonyl (C=O) groups is 4. The molecule has 0 bridgehead atoms. The van der Waals surface area contributed by atoms with Gasteiger partial charge in [-0.3, -0.25) is 9.59 Å². The van der Waals surface area contributed by atoms with Crippen molar-refractivity contribution in [2.75, 3.05) is 13.2 Å². The molecule has 0 spiro atoms. The Morgan fingerprint density at radius 3 is 2.08 bits per heavy atom. The number of aliphatic hydroxyl groups is 1. The van der Waals surface area contributed by atoms with E-state index in [1.807, 2.05) is 91.0 Å². The number of amides is 3. The maximum Gasteiger partial charge on any atom is 0.408 e. The van der Waals surface area contributed by atoms with Crippen molar-refractivity contribution in [3.8, 4) is 5.75 Å². The molecule has 5 rings (SSSR count). The predicted octanol–water partition coefficient (Wildman–Crippen LogP) is 5.34. The van der Waals surface area contributed by atoms with Crippen LogP contribution in [0.25, 0.3) is 0 Å². The number of cyclic esters (lactones) is 1. The van der Waals surface area contributed by atoms with Crippen LogP contribution in [0.5, 0.6) is 5.75 Å². The first-order valence-corrected chi connectivity index (χ1v) is 17.7. The Morgan fingerprint density at radius 1 is 0.792 bits per heavy atom. The largest absolute Gasteiger partial charge is 0.489 e. The van der Waals surface area contributed by atoms with E-state index < -0.39 is 36.2 Å². The van der Waals surface area contributed by atoms with Crippen LogP contribution in [-0.4, -0.2) is 54.2 Å². The van der Waals surface area contributed by atoms with Crippen LogP contribution in [-0.2, 0) is 43.5 Å². The van der Waals surface area contributed by atoms with Crippen LogP contribution < -0.4 is 20.7 Å². The van der Waals surface area contributed by atoms with E-state index in [0.29, 0.717) is 24.3 Å². The van der Waals surface area contributed by atoms with Crippen LogP contribution in [0, 0.1) is 5.92 Å². The SMILES string of the molecule is O=C(C[C@H]1CC=CC[C@@H](NC(=O)OCc2ccccc2)C(=O)O[C@H](c2ccccc2)CNC1=O)N[C@H](CO)Cc1ccc(OCc2ccccc2)cc1. The van der Waals surface area contributed by atoms with Gasteiger partial charge in [-0.15, -0.1) is 0 Å². The van der Waals surface area contributed by atoms with Gasteiger partial charge >= 0.3 is 12.1 Å². The number of hydrogen-bond acceptors (Lipinski definition) is 8. The van der Waals surface area contributed by atoms with Crippen molar-refractivity contribution < 1.29 is 38.5 Å². The minimum absolute atomic E-state index is 0.0280. The van der Waals surface area contributed by atoms with Crippen LogP contribution in [0.15, 0.2) is 127 Å². The molecule has 11 nitrogen and oxygen atoms in total. The fraction of sp³-hybridized carbons (Fsp3) is 0.286. The number of benzene rings is 4. The van der Waals surface area contributed by atoms with Gasteiger partial charge in [0.25, 0.3) is 0 Å². The third-order valence-corrected chi connectivity index (χ3v) is 8.68. The maximum absolute atomic E-state index is 13.4. The van der Waals surface area contributed by atoms with Crippen molar-refractivity contribution in [1.82, 2.24) is 16.0 Å². The summed E-state index contributed by atoms with van der Waals surface area (Å²) in [5.74, 6) is -1.50. The number of rotatable bonds is 13. The Kier molecular flexibility index (Phi) is 14.6. The summed E-state index contributed by atoms with van der Waals surface area (Å²) < 4.78 is 17.0. The third kappa shape index (κ3) is 12.7. The predicted molar refractivity (Wildman–Crippen MR) is 198 cm³/mol. The highest BCUT2D eigenvalue weighted by Crippen LogP contribution is 2.21. The molecule has 0 aliphatic carbocycles. The lowest BCUT2D eigenvalue weighted by Gasteiger charge is -2.25. The van der Waals surface area contributed by atoms with E-state index in [4.69, 9.17) is 14.2 Å². The van der Waals surface area contributed by atoms with Gasteiger partial charge in [0.1, 0.15) is 31.1 Å². The van der Waals surface area contributed by atoms with Gasteiger partial charge in [-0.25, -0.2) is 9.59 Å². The molecule has 3 amide bonds. The van der Waals surface area contributed by atoms with E-state index in [1.54, 1.807) is 36.4 Å². The van der Waals surface area contributed by atoms with Crippen LogP contribution in [0.2, 0.25) is 0 Å². The van der Waals surface area contributed by atoms with Crippen LogP contribution in [0.3, 0.4) is 0 Å². The van der Waals surface area contributed by atoms with Crippen molar-refractivity contribution in [2.45, 2.75) is 57.1 Å². The molecule has 4 N–H and O–H groups in total. The molecule has 53 heavy (non-hydrogen) atoms. The number of esters is 1. The topological polar surface area (TPSA) is 152 Å². The Hall–Kier alpha value is -5.94. The summed E-state index contributed by atoms with van der Waals surface area (Å²) in [6.07, 6.45) is 2.26. The van der Waals surface area contributed by atoms with Gasteiger partial charge in [0.15, 0.2) is 0 Å². The molecule has 1 heterocycles. The van der Waals surface area contributed by atoms with E-state index in [-0.39, 0.29) is 50.8 Å². The molecule has 0 fully saturated rings. The number of carbonyl (C=O) groups excluding carboxylic acids is 4. The zero-order chi connectivity index (χ0) is 37.3. The molecule has 4 atom stereocenters. The Bertz CT molecular complexity index is 1790. The maximum atomic E-state index is 13.4. The minimum Gasteiger partial charge on any atom is -0.489 e. The lowest BCUT2D eigenvalue weighted by molar-refractivity contribution is -0.152. The minimum atomic E-state index is -1.06. The van der Waals surface area contributed by atoms with Gasteiger partial charge in [-0.1, -0.05) is 115 Å². The molecule has 0 saturated heterocycles. The number of allylic oxidation sites excluding steroid dienone is 1. The molecular weight excluding hydrogens is 674 g/mol. The number of nitrogens with one attached hydrogen (secondary N) is 3. The summed E-state index contributed by atoms with van der Waals surface area (Å²) in [4.78, 5) is 52.8. The van der Waals surface area contributed by atoms with Crippen molar-refractivity contribution in [3.05, 3.63) is 150 Å². The van der Waals surface area contributed by atoms with E-state index in [9.17, 15) is 24.3 Å². The fourth-order valence-electron chi connectivity index (χ4n) is 5.77. The van der Waals surface area contributed by atoms with Gasteiger partial charge in [-0.05, 0) is 53.6 Å². The molecule has 276 valence electrons. The summed E-state index contributed by atoms with van der Waals surface area (Å²) in [7, 11) is 0. The highest BCUT2D eigenvalue weighted by molar-refractivity contribution is 5.86. The Balaban J connectivity index is 1.20. The van der Waals surface area contributed by atoms with Crippen LogP contribution >= 0.6 is 0 Å². The molecule has 4 aromatic carbocycles. The average molecular weight is 720 g/mol. The summed E-state index contributed by atoms with van der Waals surface area (Å²) in [5.41, 5.74) is 3.40. The molecule has 1 aliphatic heterocycles. The van der Waals surface area contributed by atoms with E-state index in [0.717, 1.165) is 16.7 Å². The molecule has 0 aromatic heterocycles.